The van der Waals surface area contributed by atoms with E-state index in [-0.39, 0.29) is 12.1 Å². The highest BCUT2D eigenvalue weighted by Gasteiger charge is 2.19. The van der Waals surface area contributed by atoms with Crippen LogP contribution in [0.2, 0.25) is 0 Å². The Bertz CT molecular complexity index is 300. The van der Waals surface area contributed by atoms with Crippen LogP contribution >= 0.6 is 11.3 Å². The Balaban J connectivity index is 2.23. The molecule has 0 fully saturated rings. The van der Waals surface area contributed by atoms with Gasteiger partial charge in [-0.05, 0) is 35.2 Å². The molecule has 0 radical (unpaired) electrons. The maximum atomic E-state index is 6.17. The molecule has 1 rings (SSSR count). The van der Waals surface area contributed by atoms with Crippen molar-refractivity contribution in [2.45, 2.75) is 70.9 Å². The zero-order valence-electron chi connectivity index (χ0n) is 12.4. The second-order valence-electron chi connectivity index (χ2n) is 5.19. The maximum absolute atomic E-state index is 6.17. The minimum Gasteiger partial charge on any atom is -0.372 e. The largest absolute Gasteiger partial charge is 0.372 e. The number of ether oxygens (including phenoxy) is 1. The first-order chi connectivity index (χ1) is 9.29. The van der Waals surface area contributed by atoms with Crippen molar-refractivity contribution in [3.05, 3.63) is 22.4 Å². The lowest BCUT2D eigenvalue weighted by molar-refractivity contribution is 0.0314. The summed E-state index contributed by atoms with van der Waals surface area (Å²) in [4.78, 5) is 0. The van der Waals surface area contributed by atoms with Gasteiger partial charge in [0.15, 0.2) is 0 Å². The van der Waals surface area contributed by atoms with Gasteiger partial charge in [0.2, 0.25) is 0 Å². The molecule has 0 aromatic carbocycles. The smallest absolute Gasteiger partial charge is 0.0983 e. The SMILES string of the molecule is CCCCCCCCOC(c1ccsc1)C(N)CC. The molecule has 2 N–H and O–H groups in total. The van der Waals surface area contributed by atoms with Crippen LogP contribution in [0.25, 0.3) is 0 Å². The molecule has 0 saturated heterocycles. The normalized spacial score (nSPS) is 14.5. The maximum Gasteiger partial charge on any atom is 0.0983 e. The van der Waals surface area contributed by atoms with Gasteiger partial charge >= 0.3 is 0 Å². The van der Waals surface area contributed by atoms with Crippen LogP contribution in [0, 0.1) is 0 Å². The van der Waals surface area contributed by atoms with Crippen molar-refractivity contribution < 1.29 is 4.74 Å². The summed E-state index contributed by atoms with van der Waals surface area (Å²) in [6.45, 7) is 5.21. The molecule has 0 amide bonds. The number of hydrogen-bond acceptors (Lipinski definition) is 3. The molecule has 1 aromatic heterocycles. The van der Waals surface area contributed by atoms with E-state index in [9.17, 15) is 0 Å². The Morgan fingerprint density at radius 1 is 1.16 bits per heavy atom. The fraction of sp³-hybridized carbons (Fsp3) is 0.750. The van der Waals surface area contributed by atoms with Gasteiger partial charge in [0.05, 0.1) is 6.10 Å². The summed E-state index contributed by atoms with van der Waals surface area (Å²) < 4.78 is 6.03. The van der Waals surface area contributed by atoms with Crippen LogP contribution < -0.4 is 5.73 Å². The highest BCUT2D eigenvalue weighted by atomic mass is 32.1. The van der Waals surface area contributed by atoms with Gasteiger partial charge in [-0.2, -0.15) is 11.3 Å². The highest BCUT2D eigenvalue weighted by Crippen LogP contribution is 2.24. The summed E-state index contributed by atoms with van der Waals surface area (Å²) in [5.74, 6) is 0. The fourth-order valence-corrected chi connectivity index (χ4v) is 2.89. The van der Waals surface area contributed by atoms with Gasteiger partial charge in [-0.25, -0.2) is 0 Å². The average molecular weight is 283 g/mol. The van der Waals surface area contributed by atoms with Gasteiger partial charge in [-0.3, -0.25) is 0 Å². The molecule has 0 aliphatic heterocycles. The van der Waals surface area contributed by atoms with Crippen LogP contribution in [-0.4, -0.2) is 12.6 Å². The molecule has 2 unspecified atom stereocenters. The Labute approximate surface area is 122 Å². The van der Waals surface area contributed by atoms with Crippen LogP contribution in [0.15, 0.2) is 16.8 Å². The first-order valence-electron chi connectivity index (χ1n) is 7.68. The van der Waals surface area contributed by atoms with Crippen LogP contribution in [0.4, 0.5) is 0 Å². The van der Waals surface area contributed by atoms with Gasteiger partial charge in [0.25, 0.3) is 0 Å². The quantitative estimate of drug-likeness (QED) is 0.586. The summed E-state index contributed by atoms with van der Waals surface area (Å²) >= 11 is 1.71. The molecule has 1 heterocycles. The van der Waals surface area contributed by atoms with Crippen molar-refractivity contribution in [2.24, 2.45) is 5.73 Å². The van der Waals surface area contributed by atoms with E-state index in [2.05, 4.69) is 30.7 Å². The Morgan fingerprint density at radius 3 is 2.53 bits per heavy atom. The number of nitrogens with two attached hydrogens (primary N) is 1. The molecule has 0 saturated carbocycles. The molecule has 2 atom stereocenters. The van der Waals surface area contributed by atoms with E-state index in [1.54, 1.807) is 11.3 Å². The first-order valence-corrected chi connectivity index (χ1v) is 8.63. The van der Waals surface area contributed by atoms with Crippen molar-refractivity contribution in [3.63, 3.8) is 0 Å². The average Bonchev–Trinajstić information content (AvgIpc) is 2.95. The van der Waals surface area contributed by atoms with Crippen molar-refractivity contribution in [1.29, 1.82) is 0 Å². The lowest BCUT2D eigenvalue weighted by Gasteiger charge is -2.22. The molecule has 110 valence electrons. The van der Waals surface area contributed by atoms with E-state index in [4.69, 9.17) is 10.5 Å². The van der Waals surface area contributed by atoms with Crippen LogP contribution in [0.1, 0.15) is 70.5 Å². The lowest BCUT2D eigenvalue weighted by Crippen LogP contribution is -2.29. The Morgan fingerprint density at radius 2 is 1.89 bits per heavy atom. The van der Waals surface area contributed by atoms with Gasteiger partial charge in [0, 0.05) is 12.6 Å². The number of thiophene rings is 1. The van der Waals surface area contributed by atoms with Gasteiger partial charge in [-0.1, -0.05) is 46.0 Å². The predicted octanol–water partition coefficient (Wildman–Crippen LogP) is 4.90. The van der Waals surface area contributed by atoms with E-state index in [0.29, 0.717) is 0 Å². The lowest BCUT2D eigenvalue weighted by atomic mass is 10.0. The molecule has 0 bridgehead atoms. The molecule has 0 aliphatic rings. The summed E-state index contributed by atoms with van der Waals surface area (Å²) in [6, 6.07) is 2.24. The summed E-state index contributed by atoms with van der Waals surface area (Å²) in [7, 11) is 0. The van der Waals surface area contributed by atoms with Crippen LogP contribution in [-0.2, 0) is 4.74 Å². The standard InChI is InChI=1S/C16H29NOS/c1-3-5-6-7-8-9-11-18-16(15(17)4-2)14-10-12-19-13-14/h10,12-13,15-16H,3-9,11,17H2,1-2H3. The molecule has 0 spiro atoms. The third kappa shape index (κ3) is 6.55. The molecular weight excluding hydrogens is 254 g/mol. The summed E-state index contributed by atoms with van der Waals surface area (Å²) in [6.07, 6.45) is 8.82. The minimum absolute atomic E-state index is 0.0758. The number of rotatable bonds is 11. The molecular formula is C16H29NOS. The topological polar surface area (TPSA) is 35.2 Å². The fourth-order valence-electron chi connectivity index (χ4n) is 2.21. The summed E-state index contributed by atoms with van der Waals surface area (Å²) in [5.41, 5.74) is 7.41. The zero-order valence-corrected chi connectivity index (χ0v) is 13.3. The van der Waals surface area contributed by atoms with Crippen molar-refractivity contribution in [2.75, 3.05) is 6.61 Å². The highest BCUT2D eigenvalue weighted by molar-refractivity contribution is 7.07. The van der Waals surface area contributed by atoms with Gasteiger partial charge < -0.3 is 10.5 Å². The van der Waals surface area contributed by atoms with E-state index in [1.807, 2.05) is 0 Å². The Kier molecular flexibility index (Phi) is 9.14. The molecule has 3 heteroatoms. The van der Waals surface area contributed by atoms with Crippen LogP contribution in [0.5, 0.6) is 0 Å². The van der Waals surface area contributed by atoms with Gasteiger partial charge in [-0.15, -0.1) is 0 Å². The van der Waals surface area contributed by atoms with Crippen molar-refractivity contribution >= 4 is 11.3 Å². The van der Waals surface area contributed by atoms with E-state index < -0.39 is 0 Å². The van der Waals surface area contributed by atoms with E-state index in [1.165, 1.54) is 37.7 Å². The van der Waals surface area contributed by atoms with Crippen molar-refractivity contribution in [3.8, 4) is 0 Å². The first kappa shape index (κ1) is 16.7. The third-order valence-electron chi connectivity index (χ3n) is 3.53. The van der Waals surface area contributed by atoms with E-state index in [0.717, 1.165) is 19.4 Å². The zero-order chi connectivity index (χ0) is 13.9. The number of unbranched alkanes of at least 4 members (excludes halogenated alkanes) is 5. The van der Waals surface area contributed by atoms with Gasteiger partial charge in [0.1, 0.15) is 0 Å². The van der Waals surface area contributed by atoms with Crippen molar-refractivity contribution in [1.82, 2.24) is 0 Å². The van der Waals surface area contributed by atoms with Crippen LogP contribution in [0.3, 0.4) is 0 Å². The second kappa shape index (κ2) is 10.4. The molecule has 1 aromatic rings. The molecule has 19 heavy (non-hydrogen) atoms. The Hall–Kier alpha value is -0.380. The number of hydrogen-bond donors (Lipinski definition) is 1. The predicted molar refractivity (Wildman–Crippen MR) is 84.7 cm³/mol. The molecule has 2 nitrogen and oxygen atoms in total. The second-order valence-corrected chi connectivity index (χ2v) is 5.97. The molecule has 0 aliphatic carbocycles. The summed E-state index contributed by atoms with van der Waals surface area (Å²) in [5, 5.41) is 4.25. The monoisotopic (exact) mass is 283 g/mol. The van der Waals surface area contributed by atoms with E-state index >= 15 is 0 Å². The third-order valence-corrected chi connectivity index (χ3v) is 4.23. The minimum atomic E-state index is 0.0758.